The molecule has 7 atom stereocenters. The molecule has 0 saturated heterocycles. The Bertz CT molecular complexity index is 1260. The van der Waals surface area contributed by atoms with Crippen LogP contribution in [0.15, 0.2) is 35.2 Å². The summed E-state index contributed by atoms with van der Waals surface area (Å²) < 4.78 is 43.2. The molecule has 0 heterocycles. The molecule has 1 aromatic carbocycles. The van der Waals surface area contributed by atoms with Gasteiger partial charge in [-0.15, -0.1) is 0 Å². The predicted molar refractivity (Wildman–Crippen MR) is 200 cm³/mol. The fourth-order valence-corrected chi connectivity index (χ4v) is 13.9. The fraction of sp³-hybridized carbons (Fsp3) is 0.842. The Kier molecular flexibility index (Phi) is 12.7. The molecule has 2 N–H and O–H groups in total. The highest BCUT2D eigenvalue weighted by Crippen LogP contribution is 2.61. The zero-order valence-corrected chi connectivity index (χ0v) is 35.0. The van der Waals surface area contributed by atoms with E-state index in [9.17, 15) is 18.6 Å². The number of hydrogen-bond donors (Lipinski definition) is 2. The summed E-state index contributed by atoms with van der Waals surface area (Å²) in [5.41, 5.74) is -1.79. The number of fused-ring (bicyclic) bond motifs is 1. The zero-order chi connectivity index (χ0) is 35.9. The predicted octanol–water partition coefficient (Wildman–Crippen LogP) is 9.37. The minimum Gasteiger partial charge on any atom is -0.414 e. The maximum atomic E-state index is 14.7. The maximum Gasteiger partial charge on any atom is 0.192 e. The van der Waals surface area contributed by atoms with Crippen molar-refractivity contribution in [3.05, 3.63) is 30.3 Å². The third kappa shape index (κ3) is 10.0. The summed E-state index contributed by atoms with van der Waals surface area (Å²) >= 11 is 0. The highest BCUT2D eigenvalue weighted by molar-refractivity contribution is 7.92. The van der Waals surface area contributed by atoms with Crippen LogP contribution in [0.25, 0.3) is 0 Å². The van der Waals surface area contributed by atoms with E-state index in [1.807, 2.05) is 6.07 Å². The van der Waals surface area contributed by atoms with Crippen LogP contribution in [0.5, 0.6) is 0 Å². The van der Waals surface area contributed by atoms with Gasteiger partial charge in [-0.25, -0.2) is 8.42 Å². The van der Waals surface area contributed by atoms with E-state index in [0.717, 1.165) is 51.4 Å². The Hall–Kier alpha value is -0.556. The van der Waals surface area contributed by atoms with Crippen LogP contribution in [-0.2, 0) is 18.7 Å². The largest absolute Gasteiger partial charge is 0.414 e. The Balaban J connectivity index is 2.09. The quantitative estimate of drug-likeness (QED) is 0.176. The summed E-state index contributed by atoms with van der Waals surface area (Å²) in [6.07, 6.45) is 6.62. The molecule has 1 aromatic rings. The van der Waals surface area contributed by atoms with Crippen LogP contribution in [0.2, 0.25) is 37.8 Å². The van der Waals surface area contributed by atoms with Gasteiger partial charge >= 0.3 is 0 Å². The second-order valence-corrected chi connectivity index (χ2v) is 30.3. The van der Waals surface area contributed by atoms with Crippen LogP contribution in [0.4, 0.5) is 0 Å². The van der Waals surface area contributed by atoms with Crippen LogP contribution < -0.4 is 0 Å². The molecular formula is C38H70O6SSi2. The monoisotopic (exact) mass is 710 g/mol. The number of aliphatic hydroxyl groups is 2. The SMILES string of the molecule is CC(C)(CCC[C@H](C(C[C@@H](O)C(C)(C)O)S(=O)(=O)c1ccccc1)[C@H]1CC[C@H]2[C@@H](O[Si](C)(C)C(C)(C)C)CCC[C@]12C)O[Si](C)(C)C. The van der Waals surface area contributed by atoms with Gasteiger partial charge in [0.25, 0.3) is 0 Å². The van der Waals surface area contributed by atoms with Gasteiger partial charge in [0.15, 0.2) is 26.5 Å². The second-order valence-electron chi connectivity index (χ2n) is 18.9. The molecule has 9 heteroatoms. The van der Waals surface area contributed by atoms with Gasteiger partial charge < -0.3 is 19.1 Å². The molecule has 0 amide bonds. The average molecular weight is 711 g/mol. The van der Waals surface area contributed by atoms with Crippen molar-refractivity contribution < 1.29 is 27.5 Å². The first-order chi connectivity index (χ1) is 21.2. The van der Waals surface area contributed by atoms with Gasteiger partial charge in [-0.3, -0.25) is 0 Å². The summed E-state index contributed by atoms with van der Waals surface area (Å²) in [6.45, 7) is 28.1. The third-order valence-electron chi connectivity index (χ3n) is 12.0. The molecular weight excluding hydrogens is 641 g/mol. The van der Waals surface area contributed by atoms with Crippen molar-refractivity contribution in [3.8, 4) is 0 Å². The Morgan fingerprint density at radius 2 is 1.55 bits per heavy atom. The molecule has 0 spiro atoms. The van der Waals surface area contributed by atoms with Crippen molar-refractivity contribution in [3.63, 3.8) is 0 Å². The van der Waals surface area contributed by atoms with Gasteiger partial charge in [-0.2, -0.15) is 0 Å². The van der Waals surface area contributed by atoms with Gasteiger partial charge in [0.2, 0.25) is 0 Å². The molecule has 3 rings (SSSR count). The van der Waals surface area contributed by atoms with Crippen molar-refractivity contribution in [2.24, 2.45) is 23.2 Å². The van der Waals surface area contributed by atoms with Crippen LogP contribution in [0.1, 0.15) is 113 Å². The smallest absolute Gasteiger partial charge is 0.192 e. The van der Waals surface area contributed by atoms with Crippen molar-refractivity contribution in [1.29, 1.82) is 0 Å². The van der Waals surface area contributed by atoms with Gasteiger partial charge in [0.1, 0.15) is 0 Å². The van der Waals surface area contributed by atoms with E-state index in [4.69, 9.17) is 8.85 Å². The van der Waals surface area contributed by atoms with Crippen LogP contribution >= 0.6 is 0 Å². The van der Waals surface area contributed by atoms with E-state index >= 15 is 0 Å². The van der Waals surface area contributed by atoms with E-state index in [-0.39, 0.29) is 40.4 Å². The number of benzene rings is 1. The summed E-state index contributed by atoms with van der Waals surface area (Å²) in [5, 5.41) is 21.5. The molecule has 47 heavy (non-hydrogen) atoms. The van der Waals surface area contributed by atoms with E-state index in [0.29, 0.717) is 10.8 Å². The number of sulfone groups is 1. The van der Waals surface area contributed by atoms with Gasteiger partial charge in [0, 0.05) is 6.10 Å². The lowest BCUT2D eigenvalue weighted by Crippen LogP contribution is -2.51. The first kappa shape index (κ1) is 40.9. The summed E-state index contributed by atoms with van der Waals surface area (Å²) in [6, 6.07) is 8.76. The lowest BCUT2D eigenvalue weighted by Gasteiger charge is -2.51. The van der Waals surface area contributed by atoms with Crippen molar-refractivity contribution in [1.82, 2.24) is 0 Å². The molecule has 2 aliphatic carbocycles. The first-order valence-electron chi connectivity index (χ1n) is 18.3. The molecule has 2 aliphatic rings. The minimum absolute atomic E-state index is 0.00133. The summed E-state index contributed by atoms with van der Waals surface area (Å²) in [4.78, 5) is 0.294. The van der Waals surface area contributed by atoms with Gasteiger partial charge in [-0.05, 0) is 146 Å². The van der Waals surface area contributed by atoms with E-state index < -0.39 is 43.4 Å². The first-order valence-corrected chi connectivity index (χ1v) is 26.1. The highest BCUT2D eigenvalue weighted by Gasteiger charge is 2.57. The Labute approximate surface area is 291 Å². The number of aliphatic hydroxyl groups excluding tert-OH is 1. The molecule has 0 aliphatic heterocycles. The molecule has 2 saturated carbocycles. The van der Waals surface area contributed by atoms with Crippen molar-refractivity contribution >= 4 is 26.5 Å². The van der Waals surface area contributed by atoms with Crippen LogP contribution in [-0.4, -0.2) is 63.9 Å². The third-order valence-corrected chi connectivity index (χ3v) is 20.0. The molecule has 2 fully saturated rings. The van der Waals surface area contributed by atoms with Crippen LogP contribution in [0.3, 0.4) is 0 Å². The number of hydrogen-bond acceptors (Lipinski definition) is 6. The molecule has 6 nitrogen and oxygen atoms in total. The normalized spacial score (nSPS) is 26.9. The minimum atomic E-state index is -3.83. The van der Waals surface area contributed by atoms with E-state index in [1.165, 1.54) is 0 Å². The second kappa shape index (κ2) is 14.6. The lowest BCUT2D eigenvalue weighted by atomic mass is 9.60. The van der Waals surface area contributed by atoms with Crippen LogP contribution in [0, 0.1) is 23.2 Å². The average Bonchev–Trinajstić information content (AvgIpc) is 3.25. The fourth-order valence-electron chi connectivity index (χ4n) is 8.67. The lowest BCUT2D eigenvalue weighted by molar-refractivity contribution is -0.0583. The summed E-state index contributed by atoms with van der Waals surface area (Å²) in [5.74, 6) is 0.363. The molecule has 0 bridgehead atoms. The van der Waals surface area contributed by atoms with E-state index in [2.05, 4.69) is 74.3 Å². The standard InChI is InChI=1S/C38H70O6SSi2/c1-35(2,3)47(12,13)43-32-22-18-26-38(8)30(23-24-31(32)38)29(21-17-25-36(4,5)44-46(9,10)11)33(27-34(39)37(6,7)40)45(41,42)28-19-15-14-16-20-28/h14-16,19-20,29-34,39-40H,17-18,21-27H2,1-13H3/t29-,30+,31-,32-,33?,34+,38+/m0/s1. The molecule has 1 unspecified atom stereocenters. The number of rotatable bonds is 15. The molecule has 0 aromatic heterocycles. The highest BCUT2D eigenvalue weighted by atomic mass is 32.2. The Morgan fingerprint density at radius 3 is 2.09 bits per heavy atom. The Morgan fingerprint density at radius 1 is 0.957 bits per heavy atom. The maximum absolute atomic E-state index is 14.7. The van der Waals surface area contributed by atoms with Crippen molar-refractivity contribution in [2.45, 2.75) is 185 Å². The van der Waals surface area contributed by atoms with E-state index in [1.54, 1.807) is 38.1 Å². The zero-order valence-electron chi connectivity index (χ0n) is 32.2. The van der Waals surface area contributed by atoms with Gasteiger partial charge in [0.05, 0.1) is 27.5 Å². The summed E-state index contributed by atoms with van der Waals surface area (Å²) in [7, 11) is -7.61. The molecule has 0 radical (unpaired) electrons. The van der Waals surface area contributed by atoms with Gasteiger partial charge in [-0.1, -0.05) is 58.7 Å². The van der Waals surface area contributed by atoms with Crippen molar-refractivity contribution in [2.75, 3.05) is 0 Å². The molecule has 272 valence electrons. The topological polar surface area (TPSA) is 93.1 Å².